The molecule has 4 heteroatoms. The zero-order valence-electron chi connectivity index (χ0n) is 11.6. The van der Waals surface area contributed by atoms with E-state index in [0.717, 1.165) is 22.5 Å². The van der Waals surface area contributed by atoms with E-state index in [0.29, 0.717) is 6.04 Å². The highest BCUT2D eigenvalue weighted by atomic mass is 15.1. The van der Waals surface area contributed by atoms with E-state index in [-0.39, 0.29) is 0 Å². The van der Waals surface area contributed by atoms with Gasteiger partial charge < -0.3 is 5.32 Å². The van der Waals surface area contributed by atoms with Gasteiger partial charge in [-0.3, -0.25) is 0 Å². The number of pyridine rings is 1. The minimum Gasteiger partial charge on any atom is -0.367 e. The third-order valence-electron chi connectivity index (χ3n) is 3.88. The number of nitrogens with one attached hydrogen (secondary N) is 1. The fourth-order valence-electron chi connectivity index (χ4n) is 2.96. The Morgan fingerprint density at radius 3 is 2.68 bits per heavy atom. The molecule has 0 atom stereocenters. The molecule has 0 bridgehead atoms. The summed E-state index contributed by atoms with van der Waals surface area (Å²) >= 11 is 0. The van der Waals surface area contributed by atoms with Crippen molar-refractivity contribution < 1.29 is 0 Å². The molecule has 2 aromatic rings. The zero-order valence-corrected chi connectivity index (χ0v) is 11.6. The average molecular weight is 256 g/mol. The van der Waals surface area contributed by atoms with Crippen LogP contribution in [0.5, 0.6) is 0 Å². The van der Waals surface area contributed by atoms with Gasteiger partial charge >= 0.3 is 0 Å². The van der Waals surface area contributed by atoms with Crippen molar-refractivity contribution in [1.82, 2.24) is 15.0 Å². The molecule has 1 saturated carbocycles. The van der Waals surface area contributed by atoms with E-state index in [9.17, 15) is 0 Å². The summed E-state index contributed by atoms with van der Waals surface area (Å²) in [7, 11) is 0. The van der Waals surface area contributed by atoms with Crippen molar-refractivity contribution in [3.8, 4) is 0 Å². The van der Waals surface area contributed by atoms with Gasteiger partial charge in [0.05, 0.1) is 5.39 Å². The first kappa shape index (κ1) is 12.3. The number of aromatic nitrogens is 3. The van der Waals surface area contributed by atoms with Gasteiger partial charge in [0.1, 0.15) is 12.1 Å². The summed E-state index contributed by atoms with van der Waals surface area (Å²) in [6.07, 6.45) is 8.09. The highest BCUT2D eigenvalue weighted by molar-refractivity contribution is 5.89. The lowest BCUT2D eigenvalue weighted by Gasteiger charge is -2.24. The maximum absolute atomic E-state index is 4.50. The monoisotopic (exact) mass is 256 g/mol. The van der Waals surface area contributed by atoms with Crippen LogP contribution in [0.3, 0.4) is 0 Å². The number of anilines is 1. The Morgan fingerprint density at radius 1 is 1.11 bits per heavy atom. The molecule has 1 fully saturated rings. The van der Waals surface area contributed by atoms with Crippen LogP contribution in [0.1, 0.15) is 43.4 Å². The van der Waals surface area contributed by atoms with Crippen LogP contribution < -0.4 is 5.32 Å². The second kappa shape index (κ2) is 5.11. The van der Waals surface area contributed by atoms with Gasteiger partial charge in [-0.05, 0) is 38.3 Å². The Balaban J connectivity index is 1.98. The fraction of sp³-hybridized carbons (Fsp3) is 0.533. The first-order chi connectivity index (χ1) is 9.24. The molecule has 2 aromatic heterocycles. The van der Waals surface area contributed by atoms with Crippen molar-refractivity contribution in [2.75, 3.05) is 5.32 Å². The fourth-order valence-corrected chi connectivity index (χ4v) is 2.96. The van der Waals surface area contributed by atoms with Crippen molar-refractivity contribution in [2.45, 2.75) is 52.0 Å². The normalized spacial score (nSPS) is 16.7. The lowest BCUT2D eigenvalue weighted by Crippen LogP contribution is -2.23. The largest absolute Gasteiger partial charge is 0.367 e. The van der Waals surface area contributed by atoms with Gasteiger partial charge in [0, 0.05) is 11.7 Å². The predicted molar refractivity (Wildman–Crippen MR) is 77.3 cm³/mol. The molecule has 3 rings (SSSR count). The number of hydrogen-bond acceptors (Lipinski definition) is 4. The van der Waals surface area contributed by atoms with Gasteiger partial charge in [-0.25, -0.2) is 15.0 Å². The van der Waals surface area contributed by atoms with Crippen molar-refractivity contribution in [1.29, 1.82) is 0 Å². The van der Waals surface area contributed by atoms with Crippen LogP contribution in [0.2, 0.25) is 0 Å². The molecular weight excluding hydrogens is 236 g/mol. The summed E-state index contributed by atoms with van der Waals surface area (Å²) in [6.45, 7) is 4.11. The summed E-state index contributed by atoms with van der Waals surface area (Å²) in [4.78, 5) is 13.2. The number of hydrogen-bond donors (Lipinski definition) is 1. The summed E-state index contributed by atoms with van der Waals surface area (Å²) in [6, 6.07) is 2.64. The van der Waals surface area contributed by atoms with Crippen LogP contribution in [0.15, 0.2) is 12.4 Å². The lowest BCUT2D eigenvalue weighted by molar-refractivity contribution is 0.462. The minimum absolute atomic E-state index is 0.549. The molecule has 0 saturated heterocycles. The maximum Gasteiger partial charge on any atom is 0.165 e. The van der Waals surface area contributed by atoms with Gasteiger partial charge in [-0.15, -0.1) is 0 Å². The molecule has 0 radical (unpaired) electrons. The van der Waals surface area contributed by atoms with Crippen molar-refractivity contribution in [3.63, 3.8) is 0 Å². The molecule has 2 heterocycles. The van der Waals surface area contributed by atoms with Crippen LogP contribution in [0, 0.1) is 13.8 Å². The molecular formula is C15H20N4. The quantitative estimate of drug-likeness (QED) is 0.894. The van der Waals surface area contributed by atoms with Gasteiger partial charge in [0.15, 0.2) is 5.65 Å². The average Bonchev–Trinajstić information content (AvgIpc) is 2.39. The second-order valence-corrected chi connectivity index (χ2v) is 5.48. The first-order valence-electron chi connectivity index (χ1n) is 7.09. The summed E-state index contributed by atoms with van der Waals surface area (Å²) in [5.74, 6) is 0.946. The molecule has 0 aliphatic heterocycles. The van der Waals surface area contributed by atoms with E-state index < -0.39 is 0 Å². The van der Waals surface area contributed by atoms with E-state index in [1.165, 1.54) is 37.7 Å². The van der Waals surface area contributed by atoms with E-state index in [1.807, 2.05) is 6.92 Å². The lowest BCUT2D eigenvalue weighted by atomic mass is 9.95. The van der Waals surface area contributed by atoms with Crippen LogP contribution in [-0.4, -0.2) is 21.0 Å². The molecule has 19 heavy (non-hydrogen) atoms. The minimum atomic E-state index is 0.549. The molecule has 4 nitrogen and oxygen atoms in total. The Bertz CT molecular complexity index is 588. The van der Waals surface area contributed by atoms with E-state index in [4.69, 9.17) is 0 Å². The van der Waals surface area contributed by atoms with Crippen LogP contribution in [0.25, 0.3) is 11.0 Å². The highest BCUT2D eigenvalue weighted by Gasteiger charge is 2.16. The van der Waals surface area contributed by atoms with E-state index in [1.54, 1.807) is 6.33 Å². The third kappa shape index (κ3) is 2.53. The molecule has 0 unspecified atom stereocenters. The van der Waals surface area contributed by atoms with Crippen LogP contribution >= 0.6 is 0 Å². The molecule has 1 aliphatic carbocycles. The Hall–Kier alpha value is -1.71. The van der Waals surface area contributed by atoms with Gasteiger partial charge in [-0.1, -0.05) is 19.3 Å². The van der Waals surface area contributed by atoms with Crippen molar-refractivity contribution in [3.05, 3.63) is 23.7 Å². The third-order valence-corrected chi connectivity index (χ3v) is 3.88. The Morgan fingerprint density at radius 2 is 1.89 bits per heavy atom. The molecule has 0 amide bonds. The van der Waals surface area contributed by atoms with Gasteiger partial charge in [0.25, 0.3) is 0 Å². The predicted octanol–water partition coefficient (Wildman–Crippen LogP) is 3.39. The van der Waals surface area contributed by atoms with Crippen LogP contribution in [-0.2, 0) is 0 Å². The summed E-state index contributed by atoms with van der Waals surface area (Å²) in [5.41, 5.74) is 3.00. The van der Waals surface area contributed by atoms with Gasteiger partial charge in [-0.2, -0.15) is 0 Å². The number of rotatable bonds is 2. The van der Waals surface area contributed by atoms with E-state index in [2.05, 4.69) is 33.3 Å². The number of aryl methyl sites for hydroxylation is 2. The molecule has 0 spiro atoms. The molecule has 100 valence electrons. The molecule has 1 aliphatic rings. The maximum atomic E-state index is 4.50. The van der Waals surface area contributed by atoms with Crippen molar-refractivity contribution >= 4 is 16.9 Å². The van der Waals surface area contributed by atoms with Gasteiger partial charge in [0.2, 0.25) is 0 Å². The first-order valence-corrected chi connectivity index (χ1v) is 7.09. The molecule has 1 N–H and O–H groups in total. The second-order valence-electron chi connectivity index (χ2n) is 5.48. The van der Waals surface area contributed by atoms with E-state index >= 15 is 0 Å². The topological polar surface area (TPSA) is 50.7 Å². The Labute approximate surface area is 113 Å². The van der Waals surface area contributed by atoms with Crippen LogP contribution in [0.4, 0.5) is 5.82 Å². The zero-order chi connectivity index (χ0) is 13.2. The smallest absolute Gasteiger partial charge is 0.165 e. The Kier molecular flexibility index (Phi) is 3.32. The number of nitrogens with zero attached hydrogens (tertiary/aromatic N) is 3. The summed E-state index contributed by atoms with van der Waals surface area (Å²) < 4.78 is 0. The number of fused-ring (bicyclic) bond motifs is 1. The summed E-state index contributed by atoms with van der Waals surface area (Å²) in [5, 5.41) is 4.66. The molecule has 0 aromatic carbocycles. The highest BCUT2D eigenvalue weighted by Crippen LogP contribution is 2.26. The SMILES string of the molecule is Cc1cc(C)c2c(NC3CCCCC3)ncnc2n1. The van der Waals surface area contributed by atoms with Crippen molar-refractivity contribution in [2.24, 2.45) is 0 Å². The standard InChI is InChI=1S/C15H20N4/c1-10-8-11(2)18-14-13(10)15(17-9-16-14)19-12-6-4-3-5-7-12/h8-9,12H,3-7H2,1-2H3,(H,16,17,18,19).